The second kappa shape index (κ2) is 9.52. The summed E-state index contributed by atoms with van der Waals surface area (Å²) in [4.78, 5) is 16.9. The number of hydrogen-bond acceptors (Lipinski definition) is 5. The van der Waals surface area contributed by atoms with E-state index in [1.54, 1.807) is 42.1 Å². The zero-order chi connectivity index (χ0) is 23.4. The Morgan fingerprint density at radius 1 is 1.00 bits per heavy atom. The minimum absolute atomic E-state index is 0.0184. The van der Waals surface area contributed by atoms with Gasteiger partial charge in [-0.25, -0.2) is 9.07 Å². The van der Waals surface area contributed by atoms with Crippen molar-refractivity contribution in [3.63, 3.8) is 0 Å². The number of carbonyl (C=O) groups is 1. The minimum atomic E-state index is -0.573. The van der Waals surface area contributed by atoms with Crippen LogP contribution in [-0.4, -0.2) is 33.9 Å². The number of methoxy groups -OCH3 is 1. The minimum Gasteiger partial charge on any atom is -0.497 e. The van der Waals surface area contributed by atoms with E-state index < -0.39 is 11.7 Å². The van der Waals surface area contributed by atoms with Crippen molar-refractivity contribution >= 4 is 11.6 Å². The molecule has 0 saturated heterocycles. The second-order valence-corrected chi connectivity index (χ2v) is 7.51. The first-order chi connectivity index (χ1) is 15.9. The molecule has 0 bridgehead atoms. The highest BCUT2D eigenvalue weighted by Crippen LogP contribution is 2.26. The summed E-state index contributed by atoms with van der Waals surface area (Å²) in [5.41, 5.74) is 2.06. The lowest BCUT2D eigenvalue weighted by Crippen LogP contribution is -2.13. The van der Waals surface area contributed by atoms with E-state index in [1.807, 2.05) is 38.1 Å². The number of rotatable bonds is 7. The van der Waals surface area contributed by atoms with Crippen LogP contribution in [0.25, 0.3) is 17.1 Å². The van der Waals surface area contributed by atoms with E-state index in [0.29, 0.717) is 11.5 Å². The number of carbonyl (C=O) groups excluding carboxylic acids is 1. The largest absolute Gasteiger partial charge is 0.497 e. The van der Waals surface area contributed by atoms with E-state index in [2.05, 4.69) is 15.4 Å². The predicted molar refractivity (Wildman–Crippen MR) is 123 cm³/mol. The van der Waals surface area contributed by atoms with Crippen molar-refractivity contribution in [3.8, 4) is 28.8 Å². The molecule has 1 amide bonds. The van der Waals surface area contributed by atoms with Crippen LogP contribution in [0.15, 0.2) is 72.8 Å². The molecule has 168 valence electrons. The van der Waals surface area contributed by atoms with Crippen molar-refractivity contribution in [1.82, 2.24) is 14.8 Å². The smallest absolute Gasteiger partial charge is 0.336 e. The molecule has 4 rings (SSSR count). The van der Waals surface area contributed by atoms with Gasteiger partial charge >= 0.3 is 6.01 Å². The average Bonchev–Trinajstić information content (AvgIpc) is 3.23. The zero-order valence-electron chi connectivity index (χ0n) is 18.4. The lowest BCUT2D eigenvalue weighted by atomic mass is 10.2. The maximum Gasteiger partial charge on any atom is 0.336 e. The molecule has 4 aromatic rings. The molecule has 1 aromatic heterocycles. The lowest BCUT2D eigenvalue weighted by molar-refractivity contribution is 0.102. The second-order valence-electron chi connectivity index (χ2n) is 7.51. The van der Waals surface area contributed by atoms with Crippen molar-refractivity contribution < 1.29 is 18.7 Å². The van der Waals surface area contributed by atoms with Gasteiger partial charge in [0.1, 0.15) is 11.6 Å². The van der Waals surface area contributed by atoms with Crippen LogP contribution >= 0.6 is 0 Å². The first-order valence-electron chi connectivity index (χ1n) is 10.4. The third-order valence-electron chi connectivity index (χ3n) is 4.77. The number of halogens is 1. The summed E-state index contributed by atoms with van der Waals surface area (Å²) in [6, 6.07) is 20.6. The van der Waals surface area contributed by atoms with Gasteiger partial charge in [-0.05, 0) is 74.5 Å². The van der Waals surface area contributed by atoms with Crippen LogP contribution in [0.2, 0.25) is 0 Å². The summed E-state index contributed by atoms with van der Waals surface area (Å²) in [7, 11) is 1.61. The van der Waals surface area contributed by atoms with Gasteiger partial charge in [-0.1, -0.05) is 12.1 Å². The highest BCUT2D eigenvalue weighted by molar-refractivity contribution is 6.04. The van der Waals surface area contributed by atoms with Crippen molar-refractivity contribution in [2.45, 2.75) is 20.0 Å². The van der Waals surface area contributed by atoms with Crippen molar-refractivity contribution in [3.05, 3.63) is 84.2 Å². The Hall–Kier alpha value is -4.20. The van der Waals surface area contributed by atoms with E-state index in [0.717, 1.165) is 17.0 Å². The third kappa shape index (κ3) is 5.01. The summed E-state index contributed by atoms with van der Waals surface area (Å²) in [5.74, 6) is 0.235. The summed E-state index contributed by atoms with van der Waals surface area (Å²) < 4.78 is 26.5. The summed E-state index contributed by atoms with van der Waals surface area (Å²) in [6.45, 7) is 3.81. The number of anilines is 1. The van der Waals surface area contributed by atoms with Gasteiger partial charge in [-0.2, -0.15) is 4.98 Å². The van der Waals surface area contributed by atoms with Crippen LogP contribution in [0.5, 0.6) is 11.8 Å². The fourth-order valence-corrected chi connectivity index (χ4v) is 3.19. The fourth-order valence-electron chi connectivity index (χ4n) is 3.19. The number of amides is 1. The highest BCUT2D eigenvalue weighted by atomic mass is 19.1. The summed E-state index contributed by atoms with van der Waals surface area (Å²) >= 11 is 0. The Kier molecular flexibility index (Phi) is 6.35. The van der Waals surface area contributed by atoms with E-state index in [1.165, 1.54) is 18.2 Å². The van der Waals surface area contributed by atoms with Gasteiger partial charge in [0.2, 0.25) is 0 Å². The Bertz CT molecular complexity index is 1250. The van der Waals surface area contributed by atoms with Gasteiger partial charge in [-0.3, -0.25) is 4.79 Å². The van der Waals surface area contributed by atoms with Crippen LogP contribution in [0, 0.1) is 5.82 Å². The first kappa shape index (κ1) is 22.0. The lowest BCUT2D eigenvalue weighted by Gasteiger charge is -2.09. The number of aromatic nitrogens is 3. The molecule has 0 spiro atoms. The Balaban J connectivity index is 1.63. The predicted octanol–water partition coefficient (Wildman–Crippen LogP) is 5.12. The van der Waals surface area contributed by atoms with Gasteiger partial charge in [0.05, 0.1) is 24.5 Å². The number of nitrogens with one attached hydrogen (secondary N) is 1. The SMILES string of the molecule is COc1ccc(-c2nc(OC(C)C)nn2-c2ccc(NC(=O)c3ccccc3F)cc2)cc1. The molecular formula is C25H23FN4O3. The third-order valence-corrected chi connectivity index (χ3v) is 4.77. The van der Waals surface area contributed by atoms with E-state index in [4.69, 9.17) is 9.47 Å². The van der Waals surface area contributed by atoms with Gasteiger partial charge in [0.15, 0.2) is 5.82 Å². The maximum atomic E-state index is 13.9. The van der Waals surface area contributed by atoms with Crippen LogP contribution in [0.4, 0.5) is 10.1 Å². The Morgan fingerprint density at radius 2 is 1.70 bits per heavy atom. The van der Waals surface area contributed by atoms with Crippen molar-refractivity contribution in [1.29, 1.82) is 0 Å². The molecule has 0 unspecified atom stereocenters. The highest BCUT2D eigenvalue weighted by Gasteiger charge is 2.16. The van der Waals surface area contributed by atoms with Crippen molar-refractivity contribution in [2.75, 3.05) is 12.4 Å². The molecule has 0 saturated carbocycles. The molecule has 1 N–H and O–H groups in total. The van der Waals surface area contributed by atoms with E-state index in [-0.39, 0.29) is 17.7 Å². The van der Waals surface area contributed by atoms with Crippen LogP contribution in [0.1, 0.15) is 24.2 Å². The number of ether oxygens (including phenoxy) is 2. The molecule has 0 aliphatic heterocycles. The van der Waals surface area contributed by atoms with Crippen LogP contribution < -0.4 is 14.8 Å². The number of benzene rings is 3. The van der Waals surface area contributed by atoms with E-state index in [9.17, 15) is 9.18 Å². The zero-order valence-corrected chi connectivity index (χ0v) is 18.4. The van der Waals surface area contributed by atoms with Crippen molar-refractivity contribution in [2.24, 2.45) is 0 Å². The number of hydrogen-bond donors (Lipinski definition) is 1. The number of nitrogens with zero attached hydrogens (tertiary/aromatic N) is 3. The standard InChI is InChI=1S/C25H23FN4O3/c1-16(2)33-25-28-23(17-8-14-20(32-3)15-9-17)30(29-25)19-12-10-18(11-13-19)27-24(31)21-6-4-5-7-22(21)26/h4-16H,1-3H3,(H,27,31). The molecule has 7 nitrogen and oxygen atoms in total. The molecule has 0 radical (unpaired) electrons. The molecule has 8 heteroatoms. The van der Waals surface area contributed by atoms with E-state index >= 15 is 0 Å². The molecular weight excluding hydrogens is 423 g/mol. The molecule has 0 aliphatic carbocycles. The van der Waals surface area contributed by atoms with Gasteiger partial charge in [-0.15, -0.1) is 5.10 Å². The quantitative estimate of drug-likeness (QED) is 0.426. The average molecular weight is 446 g/mol. The Morgan fingerprint density at radius 3 is 2.33 bits per heavy atom. The molecule has 0 fully saturated rings. The molecule has 33 heavy (non-hydrogen) atoms. The Labute approximate surface area is 190 Å². The topological polar surface area (TPSA) is 78.3 Å². The molecule has 0 aliphatic rings. The molecule has 3 aromatic carbocycles. The maximum absolute atomic E-state index is 13.9. The van der Waals surface area contributed by atoms with Gasteiger partial charge in [0, 0.05) is 11.3 Å². The normalized spacial score (nSPS) is 10.8. The fraction of sp³-hybridized carbons (Fsp3) is 0.160. The monoisotopic (exact) mass is 446 g/mol. The van der Waals surface area contributed by atoms with Gasteiger partial charge in [0.25, 0.3) is 5.91 Å². The molecule has 0 atom stereocenters. The summed E-state index contributed by atoms with van der Waals surface area (Å²) in [5, 5.41) is 7.21. The molecule has 1 heterocycles. The summed E-state index contributed by atoms with van der Waals surface area (Å²) in [6.07, 6.45) is -0.0828. The van der Waals surface area contributed by atoms with Crippen LogP contribution in [-0.2, 0) is 0 Å². The van der Waals surface area contributed by atoms with Gasteiger partial charge < -0.3 is 14.8 Å². The van der Waals surface area contributed by atoms with Crippen LogP contribution in [0.3, 0.4) is 0 Å². The first-order valence-corrected chi connectivity index (χ1v) is 10.4.